The smallest absolute Gasteiger partial charge is 0.152 e. The van der Waals surface area contributed by atoms with Gasteiger partial charge in [-0.15, -0.1) is 0 Å². The van der Waals surface area contributed by atoms with Crippen molar-refractivity contribution in [2.45, 2.75) is 27.2 Å². The normalized spacial score (nSPS) is 10.4. The number of ether oxygens (including phenoxy) is 1. The minimum atomic E-state index is 0.683. The topological polar surface area (TPSA) is 59.9 Å². The summed E-state index contributed by atoms with van der Waals surface area (Å²) in [5.74, 6) is 1.51. The number of nitrogens with one attached hydrogen (secondary N) is 1. The van der Waals surface area contributed by atoms with Crippen LogP contribution < -0.4 is 10.1 Å². The van der Waals surface area contributed by atoms with Crippen molar-refractivity contribution in [1.82, 2.24) is 15.0 Å². The lowest BCUT2D eigenvalue weighted by molar-refractivity contribution is 0.316. The average molecular weight is 272 g/mol. The lowest BCUT2D eigenvalue weighted by atomic mass is 10.2. The molecule has 0 unspecified atom stereocenters. The van der Waals surface area contributed by atoms with E-state index in [2.05, 4.69) is 27.2 Å². The van der Waals surface area contributed by atoms with Crippen molar-refractivity contribution in [2.24, 2.45) is 0 Å². The third-order valence-electron chi connectivity index (χ3n) is 3.00. The van der Waals surface area contributed by atoms with Crippen LogP contribution in [0.1, 0.15) is 24.7 Å². The van der Waals surface area contributed by atoms with Crippen LogP contribution in [0.3, 0.4) is 0 Å². The summed E-state index contributed by atoms with van der Waals surface area (Å²) >= 11 is 0. The van der Waals surface area contributed by atoms with Crippen molar-refractivity contribution in [2.75, 3.05) is 19.0 Å². The van der Waals surface area contributed by atoms with Crippen LogP contribution >= 0.6 is 0 Å². The van der Waals surface area contributed by atoms with Crippen LogP contribution in [-0.2, 0) is 0 Å². The molecule has 0 spiro atoms. The summed E-state index contributed by atoms with van der Waals surface area (Å²) in [4.78, 5) is 13.4. The molecule has 0 bridgehead atoms. The molecule has 0 aliphatic heterocycles. The Kier molecular flexibility index (Phi) is 4.50. The SMILES string of the molecule is CCCOc1cncc(-c2nc(C)c(C)nc2NC)c1. The monoisotopic (exact) mass is 272 g/mol. The highest BCUT2D eigenvalue weighted by Crippen LogP contribution is 2.27. The zero-order valence-corrected chi connectivity index (χ0v) is 12.4. The lowest BCUT2D eigenvalue weighted by Gasteiger charge is -2.11. The zero-order chi connectivity index (χ0) is 14.5. The number of hydrogen-bond acceptors (Lipinski definition) is 5. The van der Waals surface area contributed by atoms with E-state index in [1.54, 1.807) is 12.4 Å². The second-order valence-electron chi connectivity index (χ2n) is 4.60. The maximum atomic E-state index is 5.61. The summed E-state index contributed by atoms with van der Waals surface area (Å²) in [6.07, 6.45) is 4.46. The minimum absolute atomic E-state index is 0.683. The third-order valence-corrected chi connectivity index (χ3v) is 3.00. The molecule has 0 radical (unpaired) electrons. The number of hydrogen-bond donors (Lipinski definition) is 1. The molecule has 0 aliphatic carbocycles. The molecule has 5 nitrogen and oxygen atoms in total. The van der Waals surface area contributed by atoms with E-state index >= 15 is 0 Å². The molecule has 0 saturated heterocycles. The summed E-state index contributed by atoms with van der Waals surface area (Å²) in [5, 5.41) is 3.08. The molecule has 2 rings (SSSR count). The maximum absolute atomic E-state index is 5.61. The molecule has 2 heterocycles. The Morgan fingerprint density at radius 2 is 1.90 bits per heavy atom. The Morgan fingerprint density at radius 3 is 2.60 bits per heavy atom. The van der Waals surface area contributed by atoms with E-state index in [1.165, 1.54) is 0 Å². The van der Waals surface area contributed by atoms with E-state index < -0.39 is 0 Å². The van der Waals surface area contributed by atoms with Crippen LogP contribution in [0.4, 0.5) is 5.82 Å². The fraction of sp³-hybridized carbons (Fsp3) is 0.400. The molecule has 0 aliphatic rings. The van der Waals surface area contributed by atoms with Gasteiger partial charge in [0.2, 0.25) is 0 Å². The molecule has 1 N–H and O–H groups in total. The van der Waals surface area contributed by atoms with Crippen molar-refractivity contribution >= 4 is 5.82 Å². The van der Waals surface area contributed by atoms with E-state index in [9.17, 15) is 0 Å². The van der Waals surface area contributed by atoms with Gasteiger partial charge in [0.15, 0.2) is 5.82 Å². The number of pyridine rings is 1. The molecular weight excluding hydrogens is 252 g/mol. The van der Waals surface area contributed by atoms with Crippen LogP contribution in [-0.4, -0.2) is 28.6 Å². The molecule has 0 aromatic carbocycles. The van der Waals surface area contributed by atoms with Gasteiger partial charge in [-0.05, 0) is 26.3 Å². The van der Waals surface area contributed by atoms with Crippen molar-refractivity contribution in [3.8, 4) is 17.0 Å². The van der Waals surface area contributed by atoms with E-state index in [0.29, 0.717) is 6.61 Å². The van der Waals surface area contributed by atoms with Crippen molar-refractivity contribution in [3.05, 3.63) is 29.8 Å². The van der Waals surface area contributed by atoms with Gasteiger partial charge in [0, 0.05) is 18.8 Å². The highest BCUT2D eigenvalue weighted by molar-refractivity contribution is 5.71. The van der Waals surface area contributed by atoms with Gasteiger partial charge in [-0.3, -0.25) is 4.98 Å². The fourth-order valence-electron chi connectivity index (χ4n) is 1.83. The average Bonchev–Trinajstić information content (AvgIpc) is 2.47. The standard InChI is InChI=1S/C15H20N4O/c1-5-6-20-13-7-12(8-17-9-13)14-15(16-4)19-11(3)10(2)18-14/h7-9H,5-6H2,1-4H3,(H,16,19). The summed E-state index contributed by atoms with van der Waals surface area (Å²) in [7, 11) is 1.84. The number of aromatic nitrogens is 3. The molecule has 0 atom stereocenters. The molecule has 0 amide bonds. The van der Waals surface area contributed by atoms with Crippen LogP contribution in [0.5, 0.6) is 5.75 Å². The summed E-state index contributed by atoms with van der Waals surface area (Å²) in [5.41, 5.74) is 3.53. The van der Waals surface area contributed by atoms with Gasteiger partial charge in [0.1, 0.15) is 11.4 Å². The Balaban J connectivity index is 2.42. The summed E-state index contributed by atoms with van der Waals surface area (Å²) < 4.78 is 5.61. The van der Waals surface area contributed by atoms with Crippen LogP contribution in [0.25, 0.3) is 11.3 Å². The minimum Gasteiger partial charge on any atom is -0.492 e. The molecule has 0 saturated carbocycles. The van der Waals surface area contributed by atoms with E-state index in [0.717, 1.165) is 40.6 Å². The molecule has 2 aromatic rings. The summed E-state index contributed by atoms with van der Waals surface area (Å²) in [6, 6.07) is 1.95. The van der Waals surface area contributed by atoms with E-state index in [-0.39, 0.29) is 0 Å². The van der Waals surface area contributed by atoms with Crippen LogP contribution in [0.15, 0.2) is 18.5 Å². The Hall–Kier alpha value is -2.17. The van der Waals surface area contributed by atoms with Gasteiger partial charge >= 0.3 is 0 Å². The predicted molar refractivity (Wildman–Crippen MR) is 80.1 cm³/mol. The maximum Gasteiger partial charge on any atom is 0.152 e. The second-order valence-corrected chi connectivity index (χ2v) is 4.60. The first kappa shape index (κ1) is 14.2. The van der Waals surface area contributed by atoms with Gasteiger partial charge in [0.25, 0.3) is 0 Å². The Morgan fingerprint density at radius 1 is 1.15 bits per heavy atom. The quantitative estimate of drug-likeness (QED) is 0.906. The second kappa shape index (κ2) is 6.32. The molecule has 0 fully saturated rings. The first-order chi connectivity index (χ1) is 9.65. The van der Waals surface area contributed by atoms with Gasteiger partial charge in [-0.1, -0.05) is 6.92 Å². The first-order valence-electron chi connectivity index (χ1n) is 6.77. The van der Waals surface area contributed by atoms with E-state index in [4.69, 9.17) is 4.74 Å². The number of rotatable bonds is 5. The van der Waals surface area contributed by atoms with Gasteiger partial charge < -0.3 is 10.1 Å². The van der Waals surface area contributed by atoms with Gasteiger partial charge in [0.05, 0.1) is 24.2 Å². The largest absolute Gasteiger partial charge is 0.492 e. The van der Waals surface area contributed by atoms with Crippen molar-refractivity contribution in [1.29, 1.82) is 0 Å². The molecule has 5 heteroatoms. The Labute approximate surface area is 119 Å². The van der Waals surface area contributed by atoms with Crippen molar-refractivity contribution < 1.29 is 4.74 Å². The molecule has 20 heavy (non-hydrogen) atoms. The predicted octanol–water partition coefficient (Wildman–Crippen LogP) is 2.99. The summed E-state index contributed by atoms with van der Waals surface area (Å²) in [6.45, 7) is 6.66. The number of aryl methyl sites for hydroxylation is 2. The van der Waals surface area contributed by atoms with Gasteiger partial charge in [-0.25, -0.2) is 9.97 Å². The van der Waals surface area contributed by atoms with Gasteiger partial charge in [-0.2, -0.15) is 0 Å². The lowest BCUT2D eigenvalue weighted by Crippen LogP contribution is -2.03. The van der Waals surface area contributed by atoms with Crippen molar-refractivity contribution in [3.63, 3.8) is 0 Å². The first-order valence-corrected chi connectivity index (χ1v) is 6.77. The number of anilines is 1. The van der Waals surface area contributed by atoms with E-state index in [1.807, 2.05) is 27.0 Å². The highest BCUT2D eigenvalue weighted by Gasteiger charge is 2.11. The Bertz CT molecular complexity index is 598. The van der Waals surface area contributed by atoms with Crippen LogP contribution in [0.2, 0.25) is 0 Å². The van der Waals surface area contributed by atoms with Crippen LogP contribution in [0, 0.1) is 13.8 Å². The fourth-order valence-corrected chi connectivity index (χ4v) is 1.83. The molecule has 2 aromatic heterocycles. The highest BCUT2D eigenvalue weighted by atomic mass is 16.5. The third kappa shape index (κ3) is 3.04. The molecule has 106 valence electrons. The number of nitrogens with zero attached hydrogens (tertiary/aromatic N) is 3. The zero-order valence-electron chi connectivity index (χ0n) is 12.4. The molecular formula is C15H20N4O.